The van der Waals surface area contributed by atoms with Crippen LogP contribution in [0.1, 0.15) is 19.0 Å². The molecule has 78 valence electrons. The predicted octanol–water partition coefficient (Wildman–Crippen LogP) is 0.794. The Morgan fingerprint density at radius 1 is 1.57 bits per heavy atom. The van der Waals surface area contributed by atoms with E-state index in [1.54, 1.807) is 4.68 Å². The van der Waals surface area contributed by atoms with E-state index >= 15 is 0 Å². The van der Waals surface area contributed by atoms with Crippen LogP contribution in [-0.4, -0.2) is 21.4 Å². The van der Waals surface area contributed by atoms with Gasteiger partial charge in [-0.05, 0) is 24.7 Å². The SMILES string of the molecule is CCCNC(=S)NCc1ccn(C)n1. The highest BCUT2D eigenvalue weighted by atomic mass is 32.1. The Labute approximate surface area is 89.7 Å². The molecule has 1 heterocycles. The molecule has 5 heteroatoms. The van der Waals surface area contributed by atoms with E-state index in [0.29, 0.717) is 11.7 Å². The molecular weight excluding hydrogens is 196 g/mol. The topological polar surface area (TPSA) is 41.9 Å². The normalized spacial score (nSPS) is 9.86. The maximum Gasteiger partial charge on any atom is 0.166 e. The first-order chi connectivity index (χ1) is 6.72. The molecule has 2 N–H and O–H groups in total. The van der Waals surface area contributed by atoms with Crippen LogP contribution in [0.3, 0.4) is 0 Å². The van der Waals surface area contributed by atoms with E-state index in [4.69, 9.17) is 12.2 Å². The van der Waals surface area contributed by atoms with Crippen LogP contribution >= 0.6 is 12.2 Å². The van der Waals surface area contributed by atoms with Gasteiger partial charge in [0.1, 0.15) is 0 Å². The van der Waals surface area contributed by atoms with Crippen molar-refractivity contribution in [2.24, 2.45) is 7.05 Å². The molecule has 0 bridgehead atoms. The van der Waals surface area contributed by atoms with E-state index in [0.717, 1.165) is 18.7 Å². The summed E-state index contributed by atoms with van der Waals surface area (Å²) < 4.78 is 1.78. The maximum absolute atomic E-state index is 5.07. The second-order valence-electron chi connectivity index (χ2n) is 3.09. The fourth-order valence-electron chi connectivity index (χ4n) is 1.03. The van der Waals surface area contributed by atoms with Crippen molar-refractivity contribution in [2.45, 2.75) is 19.9 Å². The largest absolute Gasteiger partial charge is 0.363 e. The molecule has 0 saturated carbocycles. The molecule has 0 spiro atoms. The van der Waals surface area contributed by atoms with Crippen LogP contribution in [0.4, 0.5) is 0 Å². The number of thiocarbonyl (C=S) groups is 1. The van der Waals surface area contributed by atoms with Gasteiger partial charge in [0.05, 0.1) is 12.2 Å². The first-order valence-corrected chi connectivity index (χ1v) is 5.13. The third kappa shape index (κ3) is 3.74. The summed E-state index contributed by atoms with van der Waals surface area (Å²) in [6.07, 6.45) is 2.99. The first kappa shape index (κ1) is 11.0. The number of nitrogens with zero attached hydrogens (tertiary/aromatic N) is 2. The zero-order valence-electron chi connectivity index (χ0n) is 8.58. The Balaban J connectivity index is 2.23. The van der Waals surface area contributed by atoms with Gasteiger partial charge < -0.3 is 10.6 Å². The molecule has 4 nitrogen and oxygen atoms in total. The lowest BCUT2D eigenvalue weighted by atomic mass is 10.4. The first-order valence-electron chi connectivity index (χ1n) is 4.72. The lowest BCUT2D eigenvalue weighted by Gasteiger charge is -2.07. The number of rotatable bonds is 4. The Bertz CT molecular complexity index is 295. The van der Waals surface area contributed by atoms with E-state index in [2.05, 4.69) is 22.7 Å². The molecule has 0 aliphatic carbocycles. The molecule has 14 heavy (non-hydrogen) atoms. The van der Waals surface area contributed by atoms with Crippen molar-refractivity contribution in [2.75, 3.05) is 6.54 Å². The number of hydrogen-bond acceptors (Lipinski definition) is 2. The van der Waals surface area contributed by atoms with Crippen LogP contribution in [-0.2, 0) is 13.6 Å². The van der Waals surface area contributed by atoms with E-state index in [-0.39, 0.29) is 0 Å². The standard InChI is InChI=1S/C9H16N4S/c1-3-5-10-9(14)11-7-8-4-6-13(2)12-8/h4,6H,3,5,7H2,1-2H3,(H2,10,11,14). The summed E-state index contributed by atoms with van der Waals surface area (Å²) >= 11 is 5.07. The third-order valence-corrected chi connectivity index (χ3v) is 2.02. The fourth-order valence-corrected chi connectivity index (χ4v) is 1.20. The van der Waals surface area contributed by atoms with Crippen LogP contribution in [0.5, 0.6) is 0 Å². The summed E-state index contributed by atoms with van der Waals surface area (Å²) in [6, 6.07) is 1.97. The van der Waals surface area contributed by atoms with Gasteiger partial charge >= 0.3 is 0 Å². The summed E-state index contributed by atoms with van der Waals surface area (Å²) in [5.41, 5.74) is 0.994. The predicted molar refractivity (Wildman–Crippen MR) is 60.9 cm³/mol. The Morgan fingerprint density at radius 2 is 2.36 bits per heavy atom. The summed E-state index contributed by atoms with van der Waals surface area (Å²) in [5, 5.41) is 11.1. The molecule has 0 amide bonds. The Hall–Kier alpha value is -1.10. The molecule has 0 radical (unpaired) electrons. The molecule has 1 aromatic heterocycles. The molecular formula is C9H16N4S. The van der Waals surface area contributed by atoms with Crippen molar-refractivity contribution in [3.8, 4) is 0 Å². The number of aromatic nitrogens is 2. The van der Waals surface area contributed by atoms with Crippen LogP contribution in [0, 0.1) is 0 Å². The second-order valence-corrected chi connectivity index (χ2v) is 3.50. The quantitative estimate of drug-likeness (QED) is 0.724. The van der Waals surface area contributed by atoms with Gasteiger partial charge in [-0.1, -0.05) is 6.92 Å². The van der Waals surface area contributed by atoms with Crippen molar-refractivity contribution in [3.05, 3.63) is 18.0 Å². The van der Waals surface area contributed by atoms with Gasteiger partial charge in [0, 0.05) is 19.8 Å². The highest BCUT2D eigenvalue weighted by Crippen LogP contribution is 1.92. The van der Waals surface area contributed by atoms with Crippen molar-refractivity contribution in [1.82, 2.24) is 20.4 Å². The number of aryl methyl sites for hydroxylation is 1. The second kappa shape index (κ2) is 5.59. The van der Waals surface area contributed by atoms with Crippen molar-refractivity contribution < 1.29 is 0 Å². The summed E-state index contributed by atoms with van der Waals surface area (Å²) in [4.78, 5) is 0. The number of nitrogens with one attached hydrogen (secondary N) is 2. The van der Waals surface area contributed by atoms with Crippen LogP contribution in [0.15, 0.2) is 12.3 Å². The van der Waals surface area contributed by atoms with Gasteiger partial charge in [0.2, 0.25) is 0 Å². The van der Waals surface area contributed by atoms with Gasteiger partial charge in [-0.2, -0.15) is 5.10 Å². The maximum atomic E-state index is 5.07. The van der Waals surface area contributed by atoms with E-state index in [1.807, 2.05) is 19.3 Å². The van der Waals surface area contributed by atoms with Gasteiger partial charge in [-0.15, -0.1) is 0 Å². The molecule has 0 saturated heterocycles. The minimum absolute atomic E-state index is 0.677. The zero-order chi connectivity index (χ0) is 10.4. The molecule has 1 aromatic rings. The zero-order valence-corrected chi connectivity index (χ0v) is 9.40. The minimum atomic E-state index is 0.677. The lowest BCUT2D eigenvalue weighted by Crippen LogP contribution is -2.35. The van der Waals surface area contributed by atoms with E-state index in [9.17, 15) is 0 Å². The van der Waals surface area contributed by atoms with Gasteiger partial charge in [-0.25, -0.2) is 0 Å². The van der Waals surface area contributed by atoms with Crippen molar-refractivity contribution in [3.63, 3.8) is 0 Å². The highest BCUT2D eigenvalue weighted by Gasteiger charge is 1.97. The van der Waals surface area contributed by atoms with Gasteiger partial charge in [0.25, 0.3) is 0 Å². The average Bonchev–Trinajstić information content (AvgIpc) is 2.58. The van der Waals surface area contributed by atoms with Crippen LogP contribution in [0.25, 0.3) is 0 Å². The average molecular weight is 212 g/mol. The molecule has 0 unspecified atom stereocenters. The van der Waals surface area contributed by atoms with E-state index < -0.39 is 0 Å². The molecule has 0 aromatic carbocycles. The third-order valence-electron chi connectivity index (χ3n) is 1.73. The number of hydrogen-bond donors (Lipinski definition) is 2. The minimum Gasteiger partial charge on any atom is -0.363 e. The molecule has 0 atom stereocenters. The Kier molecular flexibility index (Phi) is 4.39. The summed E-state index contributed by atoms with van der Waals surface area (Å²) in [7, 11) is 1.90. The Morgan fingerprint density at radius 3 is 2.93 bits per heavy atom. The van der Waals surface area contributed by atoms with Crippen molar-refractivity contribution in [1.29, 1.82) is 0 Å². The van der Waals surface area contributed by atoms with E-state index in [1.165, 1.54) is 0 Å². The fraction of sp³-hybridized carbons (Fsp3) is 0.556. The summed E-state index contributed by atoms with van der Waals surface area (Å²) in [6.45, 7) is 3.69. The molecule has 0 aliphatic heterocycles. The van der Waals surface area contributed by atoms with Crippen molar-refractivity contribution >= 4 is 17.3 Å². The van der Waals surface area contributed by atoms with Crippen LogP contribution < -0.4 is 10.6 Å². The lowest BCUT2D eigenvalue weighted by molar-refractivity contribution is 0.724. The monoisotopic (exact) mass is 212 g/mol. The highest BCUT2D eigenvalue weighted by molar-refractivity contribution is 7.80. The molecule has 1 rings (SSSR count). The summed E-state index contributed by atoms with van der Waals surface area (Å²) in [5.74, 6) is 0. The molecule has 0 fully saturated rings. The molecule has 0 aliphatic rings. The van der Waals surface area contributed by atoms with Crippen LogP contribution in [0.2, 0.25) is 0 Å². The van der Waals surface area contributed by atoms with Gasteiger partial charge in [0.15, 0.2) is 5.11 Å². The van der Waals surface area contributed by atoms with Gasteiger partial charge in [-0.3, -0.25) is 4.68 Å². The smallest absolute Gasteiger partial charge is 0.166 e.